The molecule has 0 amide bonds. The summed E-state index contributed by atoms with van der Waals surface area (Å²) in [7, 11) is 0. The average molecular weight is 326 g/mol. The summed E-state index contributed by atoms with van der Waals surface area (Å²) in [6.07, 6.45) is 0. The van der Waals surface area contributed by atoms with Crippen molar-refractivity contribution < 1.29 is 9.90 Å². The Morgan fingerprint density at radius 1 is 1.44 bits per heavy atom. The fourth-order valence-corrected chi connectivity index (χ4v) is 2.73. The number of nitrogens with one attached hydrogen (secondary N) is 1. The molecule has 2 N–H and O–H groups in total. The second kappa shape index (κ2) is 5.54. The molecule has 0 saturated heterocycles. The number of hydrogen-bond donors (Lipinski definition) is 2. The van der Waals surface area contributed by atoms with Crippen LogP contribution in [0.1, 0.15) is 20.8 Å². The fraction of sp³-hybridized carbons (Fsp3) is 0.154. The quantitative estimate of drug-likeness (QED) is 0.888. The van der Waals surface area contributed by atoms with Gasteiger partial charge < -0.3 is 10.4 Å². The number of carboxylic acids is 1. The predicted octanol–water partition coefficient (Wildman–Crippen LogP) is 4.13. The molecule has 1 aromatic carbocycles. The maximum Gasteiger partial charge on any atom is 0.336 e. The third kappa shape index (κ3) is 3.11. The van der Waals surface area contributed by atoms with Crippen LogP contribution in [0.5, 0.6) is 0 Å². The number of aryl methyl sites for hydroxylation is 1. The van der Waals surface area contributed by atoms with Crippen LogP contribution in [0.25, 0.3) is 0 Å². The minimum Gasteiger partial charge on any atom is -0.478 e. The van der Waals surface area contributed by atoms with Gasteiger partial charge in [-0.2, -0.15) is 0 Å². The molecule has 1 aromatic heterocycles. The van der Waals surface area contributed by atoms with E-state index in [0.717, 1.165) is 15.0 Å². The molecule has 0 aliphatic rings. The van der Waals surface area contributed by atoms with Crippen molar-refractivity contribution in [3.63, 3.8) is 0 Å². The van der Waals surface area contributed by atoms with Crippen LogP contribution in [0.2, 0.25) is 0 Å². The first-order valence-electron chi connectivity index (χ1n) is 5.37. The molecule has 0 unspecified atom stereocenters. The summed E-state index contributed by atoms with van der Waals surface area (Å²) in [6, 6.07) is 7.78. The van der Waals surface area contributed by atoms with Gasteiger partial charge in [-0.05, 0) is 46.6 Å². The Morgan fingerprint density at radius 2 is 2.22 bits per heavy atom. The van der Waals surface area contributed by atoms with Gasteiger partial charge >= 0.3 is 5.97 Å². The minimum atomic E-state index is -0.880. The fourth-order valence-electron chi connectivity index (χ4n) is 1.54. The van der Waals surface area contributed by atoms with E-state index in [-0.39, 0.29) is 0 Å². The molecule has 3 nitrogen and oxygen atoms in total. The molecule has 0 spiro atoms. The van der Waals surface area contributed by atoms with E-state index < -0.39 is 5.97 Å². The Bertz CT molecular complexity index is 580. The van der Waals surface area contributed by atoms with Crippen LogP contribution in [0.15, 0.2) is 34.1 Å². The van der Waals surface area contributed by atoms with Crippen LogP contribution in [0.3, 0.4) is 0 Å². The van der Waals surface area contributed by atoms with Crippen molar-refractivity contribution in [2.24, 2.45) is 0 Å². The highest BCUT2D eigenvalue weighted by Gasteiger charge is 2.07. The van der Waals surface area contributed by atoms with Gasteiger partial charge in [0.05, 0.1) is 5.56 Å². The van der Waals surface area contributed by atoms with E-state index in [4.69, 9.17) is 5.11 Å². The Balaban J connectivity index is 2.06. The van der Waals surface area contributed by atoms with Crippen LogP contribution in [0, 0.1) is 6.92 Å². The van der Waals surface area contributed by atoms with E-state index in [9.17, 15) is 4.79 Å². The van der Waals surface area contributed by atoms with E-state index in [2.05, 4.69) is 27.3 Å². The Kier molecular flexibility index (Phi) is 4.04. The van der Waals surface area contributed by atoms with Gasteiger partial charge in [-0.15, -0.1) is 11.3 Å². The standard InChI is InChI=1S/C13H12BrNO2S/c1-8-2-3-11(14)12(4-8)15-6-10-5-9(7-18-10)13(16)17/h2-5,7,15H,6H2,1H3,(H,16,17). The van der Waals surface area contributed by atoms with Crippen molar-refractivity contribution in [3.05, 3.63) is 50.1 Å². The number of halogens is 1. The molecule has 94 valence electrons. The number of carboxylic acid groups (broad SMARTS) is 1. The number of aromatic carboxylic acids is 1. The molecule has 2 aromatic rings. The summed E-state index contributed by atoms with van der Waals surface area (Å²) in [5.41, 5.74) is 2.54. The highest BCUT2D eigenvalue weighted by atomic mass is 79.9. The van der Waals surface area contributed by atoms with Gasteiger partial charge in [0, 0.05) is 27.0 Å². The zero-order chi connectivity index (χ0) is 13.1. The highest BCUT2D eigenvalue weighted by molar-refractivity contribution is 9.10. The van der Waals surface area contributed by atoms with Crippen molar-refractivity contribution in [3.8, 4) is 0 Å². The van der Waals surface area contributed by atoms with Gasteiger partial charge in [0.15, 0.2) is 0 Å². The summed E-state index contributed by atoms with van der Waals surface area (Å²) in [6.45, 7) is 2.66. The topological polar surface area (TPSA) is 49.3 Å². The van der Waals surface area contributed by atoms with Gasteiger partial charge in [-0.25, -0.2) is 4.79 Å². The average Bonchev–Trinajstić information content (AvgIpc) is 2.79. The SMILES string of the molecule is Cc1ccc(Br)c(NCc2cc(C(=O)O)cs2)c1. The van der Waals surface area contributed by atoms with Crippen molar-refractivity contribution in [2.45, 2.75) is 13.5 Å². The van der Waals surface area contributed by atoms with E-state index in [0.29, 0.717) is 12.1 Å². The number of carbonyl (C=O) groups is 1. The van der Waals surface area contributed by atoms with Gasteiger partial charge in [0.1, 0.15) is 0 Å². The zero-order valence-electron chi connectivity index (χ0n) is 9.74. The highest BCUT2D eigenvalue weighted by Crippen LogP contribution is 2.25. The number of thiophene rings is 1. The third-order valence-electron chi connectivity index (χ3n) is 2.48. The lowest BCUT2D eigenvalue weighted by Crippen LogP contribution is -1.99. The number of benzene rings is 1. The first kappa shape index (κ1) is 13.1. The number of rotatable bonds is 4. The van der Waals surface area contributed by atoms with Crippen LogP contribution in [0.4, 0.5) is 5.69 Å². The monoisotopic (exact) mass is 325 g/mol. The molecular weight excluding hydrogens is 314 g/mol. The molecule has 0 bridgehead atoms. The summed E-state index contributed by atoms with van der Waals surface area (Å²) in [5.74, 6) is -0.880. The van der Waals surface area contributed by atoms with Crippen molar-refractivity contribution in [2.75, 3.05) is 5.32 Å². The van der Waals surface area contributed by atoms with E-state index in [1.807, 2.05) is 19.1 Å². The molecule has 0 aliphatic carbocycles. The molecule has 1 heterocycles. The first-order valence-corrected chi connectivity index (χ1v) is 7.04. The van der Waals surface area contributed by atoms with E-state index in [1.165, 1.54) is 16.9 Å². The maximum absolute atomic E-state index is 10.8. The molecule has 0 radical (unpaired) electrons. The summed E-state index contributed by atoms with van der Waals surface area (Å²) >= 11 is 4.93. The van der Waals surface area contributed by atoms with Gasteiger partial charge in [0.25, 0.3) is 0 Å². The summed E-state index contributed by atoms with van der Waals surface area (Å²) in [4.78, 5) is 11.8. The lowest BCUT2D eigenvalue weighted by Gasteiger charge is -2.08. The van der Waals surface area contributed by atoms with Crippen molar-refractivity contribution in [1.29, 1.82) is 0 Å². The van der Waals surface area contributed by atoms with Crippen molar-refractivity contribution in [1.82, 2.24) is 0 Å². The zero-order valence-corrected chi connectivity index (χ0v) is 12.1. The van der Waals surface area contributed by atoms with E-state index in [1.54, 1.807) is 11.4 Å². The molecule has 0 fully saturated rings. The minimum absolute atomic E-state index is 0.347. The third-order valence-corrected chi connectivity index (χ3v) is 4.10. The second-order valence-corrected chi connectivity index (χ2v) is 5.79. The normalized spacial score (nSPS) is 10.3. The smallest absolute Gasteiger partial charge is 0.336 e. The first-order chi connectivity index (χ1) is 8.56. The number of hydrogen-bond acceptors (Lipinski definition) is 3. The summed E-state index contributed by atoms with van der Waals surface area (Å²) in [5, 5.41) is 13.8. The summed E-state index contributed by atoms with van der Waals surface area (Å²) < 4.78 is 1.00. The molecule has 2 rings (SSSR count). The molecule has 0 saturated carbocycles. The molecule has 18 heavy (non-hydrogen) atoms. The Labute approximate surface area is 118 Å². The molecule has 0 aliphatic heterocycles. The Morgan fingerprint density at radius 3 is 2.89 bits per heavy atom. The van der Waals surface area contributed by atoms with Gasteiger partial charge in [-0.3, -0.25) is 0 Å². The second-order valence-electron chi connectivity index (χ2n) is 3.94. The van der Waals surface area contributed by atoms with Crippen LogP contribution < -0.4 is 5.32 Å². The van der Waals surface area contributed by atoms with Gasteiger partial charge in [0.2, 0.25) is 0 Å². The largest absolute Gasteiger partial charge is 0.478 e. The van der Waals surface area contributed by atoms with Crippen LogP contribution in [-0.2, 0) is 6.54 Å². The van der Waals surface area contributed by atoms with Gasteiger partial charge in [-0.1, -0.05) is 6.07 Å². The van der Waals surface area contributed by atoms with Crippen LogP contribution in [-0.4, -0.2) is 11.1 Å². The number of anilines is 1. The maximum atomic E-state index is 10.8. The molecule has 0 atom stereocenters. The lowest BCUT2D eigenvalue weighted by atomic mass is 10.2. The van der Waals surface area contributed by atoms with E-state index >= 15 is 0 Å². The molecular formula is C13H12BrNO2S. The Hall–Kier alpha value is -1.33. The predicted molar refractivity (Wildman–Crippen MR) is 77.5 cm³/mol. The lowest BCUT2D eigenvalue weighted by molar-refractivity contribution is 0.0697. The van der Waals surface area contributed by atoms with Crippen molar-refractivity contribution >= 4 is 38.9 Å². The molecule has 5 heteroatoms. The van der Waals surface area contributed by atoms with Crippen LogP contribution >= 0.6 is 27.3 Å².